The fraction of sp³-hybridized carbons (Fsp3) is 0.0556. The Morgan fingerprint density at radius 1 is 1.21 bits per heavy atom. The highest BCUT2D eigenvalue weighted by Crippen LogP contribution is 2.33. The average Bonchev–Trinajstić information content (AvgIpc) is 2.92. The molecule has 1 aliphatic heterocycles. The van der Waals surface area contributed by atoms with Crippen molar-refractivity contribution in [3.63, 3.8) is 0 Å². The summed E-state index contributed by atoms with van der Waals surface area (Å²) in [6, 6.07) is 11.2. The Morgan fingerprint density at radius 3 is 2.68 bits per heavy atom. The number of para-hydroxylation sites is 1. The first-order valence-corrected chi connectivity index (χ1v) is 9.81. The predicted molar refractivity (Wildman–Crippen MR) is 117 cm³/mol. The van der Waals surface area contributed by atoms with Crippen LogP contribution in [0.25, 0.3) is 6.08 Å². The zero-order valence-electron chi connectivity index (χ0n) is 14.4. The van der Waals surface area contributed by atoms with E-state index in [-0.39, 0.29) is 4.32 Å². The second-order valence-electron chi connectivity index (χ2n) is 5.45. The van der Waals surface area contributed by atoms with Gasteiger partial charge in [-0.05, 0) is 42.6 Å². The standard InChI is InChI=1S/C18H13Cl2N3O3S2/c1-26-14-5-3-2-4-10(14)8-15-16(24)23(18(27)28-15)22-17(25)21-11-6-7-12(19)13(20)9-11/h2-9H,1H3,(H2,21,22,25)/b15-8-. The van der Waals surface area contributed by atoms with Gasteiger partial charge in [0.1, 0.15) is 5.75 Å². The van der Waals surface area contributed by atoms with Crippen molar-refractivity contribution in [2.24, 2.45) is 0 Å². The number of halogens is 2. The molecule has 0 radical (unpaired) electrons. The largest absolute Gasteiger partial charge is 0.496 e. The van der Waals surface area contributed by atoms with E-state index in [9.17, 15) is 9.59 Å². The van der Waals surface area contributed by atoms with Gasteiger partial charge in [0.25, 0.3) is 5.91 Å². The number of carbonyl (C=O) groups excluding carboxylic acids is 2. The highest BCUT2D eigenvalue weighted by molar-refractivity contribution is 8.26. The van der Waals surface area contributed by atoms with Gasteiger partial charge in [-0.25, -0.2) is 10.2 Å². The minimum absolute atomic E-state index is 0.204. The van der Waals surface area contributed by atoms with Crippen LogP contribution in [0.2, 0.25) is 10.0 Å². The minimum atomic E-state index is -0.645. The Balaban J connectivity index is 1.72. The monoisotopic (exact) mass is 453 g/mol. The summed E-state index contributed by atoms with van der Waals surface area (Å²) < 4.78 is 5.49. The first-order valence-electron chi connectivity index (χ1n) is 7.82. The number of thioether (sulfide) groups is 1. The van der Waals surface area contributed by atoms with Crippen LogP contribution < -0.4 is 15.5 Å². The molecule has 1 saturated heterocycles. The number of rotatable bonds is 4. The highest BCUT2D eigenvalue weighted by atomic mass is 35.5. The first kappa shape index (κ1) is 20.5. The van der Waals surface area contributed by atoms with E-state index in [1.54, 1.807) is 31.4 Å². The third kappa shape index (κ3) is 4.59. The van der Waals surface area contributed by atoms with Crippen LogP contribution in [0.1, 0.15) is 5.56 Å². The number of urea groups is 1. The van der Waals surface area contributed by atoms with Crippen LogP contribution in [0, 0.1) is 0 Å². The number of benzene rings is 2. The second-order valence-corrected chi connectivity index (χ2v) is 7.94. The number of ether oxygens (including phenoxy) is 1. The molecule has 3 amide bonds. The molecule has 0 saturated carbocycles. The molecule has 2 aromatic carbocycles. The Bertz CT molecular complexity index is 998. The molecule has 0 aromatic heterocycles. The third-order valence-corrected chi connectivity index (χ3v) is 5.65. The highest BCUT2D eigenvalue weighted by Gasteiger charge is 2.33. The molecule has 0 aliphatic carbocycles. The molecule has 28 heavy (non-hydrogen) atoms. The number of amides is 3. The maximum atomic E-state index is 12.6. The van der Waals surface area contributed by atoms with Crippen LogP contribution in [0.15, 0.2) is 47.4 Å². The van der Waals surface area contributed by atoms with Gasteiger partial charge in [0.2, 0.25) is 0 Å². The zero-order chi connectivity index (χ0) is 20.3. The molecule has 0 atom stereocenters. The van der Waals surface area contributed by atoms with E-state index < -0.39 is 11.9 Å². The number of thiocarbonyl (C=S) groups is 1. The molecule has 0 unspecified atom stereocenters. The first-order chi connectivity index (χ1) is 13.4. The van der Waals surface area contributed by atoms with Crippen LogP contribution in [0.5, 0.6) is 5.75 Å². The van der Waals surface area contributed by atoms with Gasteiger partial charge < -0.3 is 10.1 Å². The van der Waals surface area contributed by atoms with Gasteiger partial charge in [-0.3, -0.25) is 4.79 Å². The van der Waals surface area contributed by atoms with Crippen LogP contribution in [0.3, 0.4) is 0 Å². The molecule has 2 N–H and O–H groups in total. The van der Waals surface area contributed by atoms with Crippen molar-refractivity contribution in [1.29, 1.82) is 0 Å². The number of nitrogens with one attached hydrogen (secondary N) is 2. The number of carbonyl (C=O) groups is 2. The molecule has 144 valence electrons. The van der Waals surface area contributed by atoms with E-state index in [1.165, 1.54) is 6.07 Å². The average molecular weight is 454 g/mol. The van der Waals surface area contributed by atoms with E-state index in [2.05, 4.69) is 10.7 Å². The van der Waals surface area contributed by atoms with Crippen molar-refractivity contribution in [2.45, 2.75) is 0 Å². The molecule has 3 rings (SSSR count). The number of anilines is 1. The molecule has 1 aliphatic rings. The molecular weight excluding hydrogens is 441 g/mol. The SMILES string of the molecule is COc1ccccc1/C=C1\SC(=S)N(NC(=O)Nc2ccc(Cl)c(Cl)c2)C1=O. The van der Waals surface area contributed by atoms with Crippen molar-refractivity contribution in [1.82, 2.24) is 10.4 Å². The second kappa shape index (κ2) is 8.83. The van der Waals surface area contributed by atoms with Crippen molar-refractivity contribution in [3.8, 4) is 5.75 Å². The summed E-state index contributed by atoms with van der Waals surface area (Å²) >= 11 is 18.1. The number of methoxy groups -OCH3 is 1. The van der Waals surface area contributed by atoms with Crippen LogP contribution >= 0.6 is 47.2 Å². The summed E-state index contributed by atoms with van der Waals surface area (Å²) in [5.74, 6) is 0.184. The molecule has 6 nitrogen and oxygen atoms in total. The van der Waals surface area contributed by atoms with Gasteiger partial charge in [-0.1, -0.05) is 53.2 Å². The lowest BCUT2D eigenvalue weighted by Crippen LogP contribution is -2.46. The predicted octanol–water partition coefficient (Wildman–Crippen LogP) is 4.94. The zero-order valence-corrected chi connectivity index (χ0v) is 17.5. The van der Waals surface area contributed by atoms with Crippen molar-refractivity contribution < 1.29 is 14.3 Å². The summed E-state index contributed by atoms with van der Waals surface area (Å²) in [5.41, 5.74) is 3.57. The lowest BCUT2D eigenvalue weighted by Gasteiger charge is -2.16. The van der Waals surface area contributed by atoms with E-state index in [0.29, 0.717) is 26.4 Å². The lowest BCUT2D eigenvalue weighted by molar-refractivity contribution is -0.123. The van der Waals surface area contributed by atoms with Crippen molar-refractivity contribution in [2.75, 3.05) is 12.4 Å². The Morgan fingerprint density at radius 2 is 1.96 bits per heavy atom. The molecule has 0 spiro atoms. The molecule has 0 bridgehead atoms. The van der Waals surface area contributed by atoms with Crippen LogP contribution in [-0.2, 0) is 4.79 Å². The Labute approximate surface area is 180 Å². The van der Waals surface area contributed by atoms with Crippen molar-refractivity contribution in [3.05, 3.63) is 63.0 Å². The van der Waals surface area contributed by atoms with E-state index >= 15 is 0 Å². The van der Waals surface area contributed by atoms with Crippen LogP contribution in [-0.4, -0.2) is 28.4 Å². The van der Waals surface area contributed by atoms with E-state index in [0.717, 1.165) is 22.3 Å². The lowest BCUT2D eigenvalue weighted by atomic mass is 10.2. The fourth-order valence-corrected chi connectivity index (χ4v) is 3.79. The van der Waals surface area contributed by atoms with Gasteiger partial charge in [0, 0.05) is 11.3 Å². The van der Waals surface area contributed by atoms with Gasteiger partial charge in [0.05, 0.1) is 22.1 Å². The summed E-state index contributed by atoms with van der Waals surface area (Å²) in [5, 5.41) is 4.24. The van der Waals surface area contributed by atoms with Gasteiger partial charge in [-0.15, -0.1) is 0 Å². The smallest absolute Gasteiger partial charge is 0.338 e. The quantitative estimate of drug-likeness (QED) is 0.506. The maximum absolute atomic E-state index is 12.6. The Kier molecular flexibility index (Phi) is 6.46. The van der Waals surface area contributed by atoms with Gasteiger partial charge >= 0.3 is 6.03 Å². The minimum Gasteiger partial charge on any atom is -0.496 e. The summed E-state index contributed by atoms with van der Waals surface area (Å²) in [6.07, 6.45) is 1.66. The summed E-state index contributed by atoms with van der Waals surface area (Å²) in [7, 11) is 1.55. The Hall–Kier alpha value is -2.26. The fourth-order valence-electron chi connectivity index (χ4n) is 2.33. The number of hydrogen-bond acceptors (Lipinski definition) is 5. The van der Waals surface area contributed by atoms with Gasteiger partial charge in [0.15, 0.2) is 4.32 Å². The van der Waals surface area contributed by atoms with E-state index in [1.807, 2.05) is 18.2 Å². The number of nitrogens with zero attached hydrogens (tertiary/aromatic N) is 1. The normalized spacial score (nSPS) is 15.1. The molecule has 10 heteroatoms. The third-order valence-electron chi connectivity index (χ3n) is 3.61. The van der Waals surface area contributed by atoms with Gasteiger partial charge in [-0.2, -0.15) is 5.01 Å². The van der Waals surface area contributed by atoms with Crippen molar-refractivity contribution >= 4 is 75.2 Å². The van der Waals surface area contributed by atoms with E-state index in [4.69, 9.17) is 40.2 Å². The molecule has 1 fully saturated rings. The maximum Gasteiger partial charge on any atom is 0.338 e. The number of hydrogen-bond donors (Lipinski definition) is 2. The molecular formula is C18H13Cl2N3O3S2. The topological polar surface area (TPSA) is 70.7 Å². The summed E-state index contributed by atoms with van der Waals surface area (Å²) in [4.78, 5) is 25.2. The molecule has 1 heterocycles. The van der Waals surface area contributed by atoms with Crippen LogP contribution in [0.4, 0.5) is 10.5 Å². The summed E-state index contributed by atoms with van der Waals surface area (Å²) in [6.45, 7) is 0. The molecule has 2 aromatic rings. The number of hydrazine groups is 1.